The minimum absolute atomic E-state index is 0.115. The van der Waals surface area contributed by atoms with Crippen molar-refractivity contribution in [1.29, 1.82) is 0 Å². The first-order valence-electron chi connectivity index (χ1n) is 9.81. The van der Waals surface area contributed by atoms with Crippen LogP contribution in [0.2, 0.25) is 0 Å². The van der Waals surface area contributed by atoms with Gasteiger partial charge in [0.05, 0.1) is 0 Å². The molecule has 8 heteroatoms. The summed E-state index contributed by atoms with van der Waals surface area (Å²) < 4.78 is 5.45. The van der Waals surface area contributed by atoms with Crippen molar-refractivity contribution in [3.05, 3.63) is 54.1 Å². The molecular formula is C22H26N4O3S. The average Bonchev–Trinajstić information content (AvgIpc) is 2.74. The molecule has 0 bridgehead atoms. The van der Waals surface area contributed by atoms with Crippen molar-refractivity contribution >= 4 is 40.5 Å². The molecule has 0 spiro atoms. The molecule has 0 aliphatic carbocycles. The lowest BCUT2D eigenvalue weighted by molar-refractivity contribution is -0.129. The summed E-state index contributed by atoms with van der Waals surface area (Å²) in [5, 5.41) is 5.83. The molecule has 2 N–H and O–H groups in total. The Hall–Kier alpha value is -3.13. The van der Waals surface area contributed by atoms with Crippen LogP contribution in [0.3, 0.4) is 0 Å². The SMILES string of the molecule is CC(=O)N1CCN(c2ccc(NC(=S)NC(=O)COc3ccc(C)cc3)cc2)CC1. The van der Waals surface area contributed by atoms with Crippen LogP contribution in [0.4, 0.5) is 11.4 Å². The van der Waals surface area contributed by atoms with E-state index >= 15 is 0 Å². The van der Waals surface area contributed by atoms with Gasteiger partial charge in [-0.05, 0) is 55.5 Å². The van der Waals surface area contributed by atoms with Crippen LogP contribution in [0.25, 0.3) is 0 Å². The maximum Gasteiger partial charge on any atom is 0.264 e. The molecular weight excluding hydrogens is 400 g/mol. The third-order valence-corrected chi connectivity index (χ3v) is 5.06. The highest BCUT2D eigenvalue weighted by Gasteiger charge is 2.18. The van der Waals surface area contributed by atoms with E-state index in [1.807, 2.05) is 60.4 Å². The van der Waals surface area contributed by atoms with Crippen molar-refractivity contribution < 1.29 is 14.3 Å². The fourth-order valence-electron chi connectivity index (χ4n) is 3.14. The van der Waals surface area contributed by atoms with E-state index in [2.05, 4.69) is 15.5 Å². The van der Waals surface area contributed by atoms with Crippen molar-refractivity contribution in [2.45, 2.75) is 13.8 Å². The average molecular weight is 427 g/mol. The maximum absolute atomic E-state index is 12.0. The Labute approximate surface area is 182 Å². The van der Waals surface area contributed by atoms with Crippen LogP contribution >= 0.6 is 12.2 Å². The maximum atomic E-state index is 12.0. The molecule has 1 heterocycles. The summed E-state index contributed by atoms with van der Waals surface area (Å²) in [6.07, 6.45) is 0. The number of thiocarbonyl (C=S) groups is 1. The first kappa shape index (κ1) is 21.6. The lowest BCUT2D eigenvalue weighted by atomic mass is 10.2. The Bertz CT molecular complexity index is 892. The Morgan fingerprint density at radius 2 is 1.63 bits per heavy atom. The second-order valence-corrected chi connectivity index (χ2v) is 7.55. The molecule has 0 aromatic heterocycles. The lowest BCUT2D eigenvalue weighted by Crippen LogP contribution is -2.48. The third kappa shape index (κ3) is 6.18. The molecule has 0 unspecified atom stereocenters. The topological polar surface area (TPSA) is 73.9 Å². The van der Waals surface area contributed by atoms with Crippen LogP contribution in [0.1, 0.15) is 12.5 Å². The number of carbonyl (C=O) groups excluding carboxylic acids is 2. The van der Waals surface area contributed by atoms with E-state index in [1.54, 1.807) is 6.92 Å². The largest absolute Gasteiger partial charge is 0.484 e. The van der Waals surface area contributed by atoms with Crippen LogP contribution in [-0.4, -0.2) is 54.6 Å². The number of anilines is 2. The van der Waals surface area contributed by atoms with E-state index in [0.717, 1.165) is 43.1 Å². The number of benzene rings is 2. The van der Waals surface area contributed by atoms with E-state index in [4.69, 9.17) is 17.0 Å². The summed E-state index contributed by atoms with van der Waals surface area (Å²) >= 11 is 5.21. The van der Waals surface area contributed by atoms with E-state index < -0.39 is 0 Å². The van der Waals surface area contributed by atoms with Gasteiger partial charge in [-0.15, -0.1) is 0 Å². The predicted molar refractivity (Wildman–Crippen MR) is 122 cm³/mol. The predicted octanol–water partition coefficient (Wildman–Crippen LogP) is 2.56. The van der Waals surface area contributed by atoms with Gasteiger partial charge >= 0.3 is 0 Å². The standard InChI is InChI=1S/C22H26N4O3S/c1-16-3-9-20(10-4-16)29-15-21(28)24-22(30)23-18-5-7-19(8-6-18)26-13-11-25(12-14-26)17(2)27/h3-10H,11-15H2,1-2H3,(H2,23,24,28,30). The van der Waals surface area contributed by atoms with Gasteiger partial charge in [0.1, 0.15) is 5.75 Å². The number of hydrogen-bond acceptors (Lipinski definition) is 5. The molecule has 2 amide bonds. The molecule has 1 aliphatic heterocycles. The van der Waals surface area contributed by atoms with Crippen molar-refractivity contribution in [2.75, 3.05) is 43.0 Å². The van der Waals surface area contributed by atoms with Gasteiger partial charge in [0.15, 0.2) is 11.7 Å². The molecule has 7 nitrogen and oxygen atoms in total. The van der Waals surface area contributed by atoms with Crippen LogP contribution in [0.15, 0.2) is 48.5 Å². The van der Waals surface area contributed by atoms with Gasteiger partial charge in [-0.1, -0.05) is 17.7 Å². The van der Waals surface area contributed by atoms with Gasteiger partial charge in [-0.2, -0.15) is 0 Å². The number of rotatable bonds is 5. The fourth-order valence-corrected chi connectivity index (χ4v) is 3.38. The molecule has 30 heavy (non-hydrogen) atoms. The van der Waals surface area contributed by atoms with Crippen LogP contribution in [0.5, 0.6) is 5.75 Å². The summed E-state index contributed by atoms with van der Waals surface area (Å²) in [6.45, 7) is 6.56. The summed E-state index contributed by atoms with van der Waals surface area (Å²) in [4.78, 5) is 27.6. The Balaban J connectivity index is 1.43. The molecule has 1 aliphatic rings. The van der Waals surface area contributed by atoms with Crippen molar-refractivity contribution in [1.82, 2.24) is 10.2 Å². The molecule has 1 fully saturated rings. The number of piperazine rings is 1. The van der Waals surface area contributed by atoms with Crippen molar-refractivity contribution in [2.24, 2.45) is 0 Å². The molecule has 3 rings (SSSR count). The summed E-state index contributed by atoms with van der Waals surface area (Å²) in [5.74, 6) is 0.427. The number of ether oxygens (including phenoxy) is 1. The number of hydrogen-bond donors (Lipinski definition) is 2. The number of carbonyl (C=O) groups is 2. The summed E-state index contributed by atoms with van der Waals surface area (Å²) in [6, 6.07) is 15.3. The van der Waals surface area contributed by atoms with Crippen LogP contribution < -0.4 is 20.3 Å². The van der Waals surface area contributed by atoms with Gasteiger partial charge in [0.2, 0.25) is 5.91 Å². The molecule has 2 aromatic rings. The molecule has 0 atom stereocenters. The molecule has 2 aromatic carbocycles. The third-order valence-electron chi connectivity index (χ3n) is 4.86. The summed E-state index contributed by atoms with van der Waals surface area (Å²) in [7, 11) is 0. The Morgan fingerprint density at radius 1 is 1.00 bits per heavy atom. The van der Waals surface area contributed by atoms with Gasteiger partial charge in [-0.25, -0.2) is 0 Å². The highest BCUT2D eigenvalue weighted by atomic mass is 32.1. The second-order valence-electron chi connectivity index (χ2n) is 7.14. The van der Waals surface area contributed by atoms with Gasteiger partial charge in [-0.3, -0.25) is 14.9 Å². The van der Waals surface area contributed by atoms with Gasteiger partial charge in [0, 0.05) is 44.5 Å². The molecule has 0 radical (unpaired) electrons. The molecule has 158 valence electrons. The molecule has 1 saturated heterocycles. The minimum atomic E-state index is -0.326. The van der Waals surface area contributed by atoms with E-state index in [-0.39, 0.29) is 23.5 Å². The zero-order valence-corrected chi connectivity index (χ0v) is 18.0. The lowest BCUT2D eigenvalue weighted by Gasteiger charge is -2.35. The minimum Gasteiger partial charge on any atom is -0.484 e. The van der Waals surface area contributed by atoms with E-state index in [9.17, 15) is 9.59 Å². The summed E-state index contributed by atoms with van der Waals surface area (Å²) in [5.41, 5.74) is 3.00. The van der Waals surface area contributed by atoms with E-state index in [0.29, 0.717) is 5.75 Å². The molecule has 0 saturated carbocycles. The van der Waals surface area contributed by atoms with E-state index in [1.165, 1.54) is 0 Å². The highest BCUT2D eigenvalue weighted by molar-refractivity contribution is 7.80. The van der Waals surface area contributed by atoms with Crippen molar-refractivity contribution in [3.63, 3.8) is 0 Å². The number of amides is 2. The normalized spacial score (nSPS) is 13.5. The van der Waals surface area contributed by atoms with Crippen LogP contribution in [-0.2, 0) is 9.59 Å². The first-order chi connectivity index (χ1) is 14.4. The van der Waals surface area contributed by atoms with Crippen molar-refractivity contribution in [3.8, 4) is 5.75 Å². The monoisotopic (exact) mass is 426 g/mol. The first-order valence-corrected chi connectivity index (χ1v) is 10.2. The quantitative estimate of drug-likeness (QED) is 0.716. The number of nitrogens with zero attached hydrogens (tertiary/aromatic N) is 2. The second kappa shape index (κ2) is 10.1. The highest BCUT2D eigenvalue weighted by Crippen LogP contribution is 2.19. The smallest absolute Gasteiger partial charge is 0.264 e. The number of nitrogens with one attached hydrogen (secondary N) is 2. The Morgan fingerprint density at radius 3 is 2.23 bits per heavy atom. The zero-order chi connectivity index (χ0) is 21.5. The fraction of sp³-hybridized carbons (Fsp3) is 0.318. The number of aryl methyl sites for hydroxylation is 1. The zero-order valence-electron chi connectivity index (χ0n) is 17.2. The van der Waals surface area contributed by atoms with Gasteiger partial charge < -0.3 is 19.9 Å². The van der Waals surface area contributed by atoms with Gasteiger partial charge in [0.25, 0.3) is 5.91 Å². The van der Waals surface area contributed by atoms with Crippen LogP contribution in [0, 0.1) is 6.92 Å². The Kier molecular flexibility index (Phi) is 7.24.